The smallest absolute Gasteiger partial charge is 0.276 e. The molecule has 0 bridgehead atoms. The standard InChI is InChI=1S/C24H22N6O2/c1-29-12-11-26-23(29)22-27-24(31)21-20(16-6-3-2-4-7-16)19(15-30(21)28-22)17-8-5-9-18(14-17)32-13-10-25/h2-9,11-12,14-15H,10,13,25H2,1H3,(H,27,28,31). The molecule has 0 saturated carbocycles. The topological polar surface area (TPSA) is 103 Å². The van der Waals surface area contributed by atoms with E-state index in [1.807, 2.05) is 78.6 Å². The van der Waals surface area contributed by atoms with Crippen molar-refractivity contribution in [2.75, 3.05) is 13.2 Å². The number of aromatic amines is 1. The molecular formula is C24H22N6O2. The fourth-order valence-corrected chi connectivity index (χ4v) is 3.83. The summed E-state index contributed by atoms with van der Waals surface area (Å²) in [7, 11) is 1.86. The number of nitrogens with zero attached hydrogens (tertiary/aromatic N) is 4. The van der Waals surface area contributed by atoms with E-state index < -0.39 is 0 Å². The number of rotatable bonds is 6. The van der Waals surface area contributed by atoms with Crippen molar-refractivity contribution in [1.29, 1.82) is 0 Å². The molecule has 5 aromatic rings. The third-order valence-corrected chi connectivity index (χ3v) is 5.27. The van der Waals surface area contributed by atoms with Crippen molar-refractivity contribution in [3.63, 3.8) is 0 Å². The number of fused-ring (bicyclic) bond motifs is 1. The Morgan fingerprint density at radius 2 is 1.91 bits per heavy atom. The molecule has 0 amide bonds. The van der Waals surface area contributed by atoms with Gasteiger partial charge in [-0.25, -0.2) is 9.50 Å². The zero-order chi connectivity index (χ0) is 22.1. The van der Waals surface area contributed by atoms with Crippen LogP contribution in [0.4, 0.5) is 0 Å². The van der Waals surface area contributed by atoms with Gasteiger partial charge in [-0.05, 0) is 23.3 Å². The van der Waals surface area contributed by atoms with Crippen molar-refractivity contribution in [3.05, 3.63) is 83.5 Å². The molecule has 0 spiro atoms. The molecule has 2 aromatic carbocycles. The van der Waals surface area contributed by atoms with Gasteiger partial charge in [0.1, 0.15) is 17.9 Å². The molecule has 0 aliphatic heterocycles. The fraction of sp³-hybridized carbons (Fsp3) is 0.125. The number of aromatic nitrogens is 5. The van der Waals surface area contributed by atoms with E-state index in [1.165, 1.54) is 0 Å². The van der Waals surface area contributed by atoms with E-state index in [0.29, 0.717) is 30.3 Å². The molecule has 3 N–H and O–H groups in total. The highest BCUT2D eigenvalue weighted by Gasteiger charge is 2.20. The average Bonchev–Trinajstić information content (AvgIpc) is 3.42. The molecule has 0 aliphatic rings. The van der Waals surface area contributed by atoms with Crippen LogP contribution in [0, 0.1) is 0 Å². The maximum Gasteiger partial charge on any atom is 0.276 e. The number of H-pyrrole nitrogens is 1. The van der Waals surface area contributed by atoms with Gasteiger partial charge in [-0.1, -0.05) is 42.5 Å². The maximum atomic E-state index is 13.3. The summed E-state index contributed by atoms with van der Waals surface area (Å²) in [5.74, 6) is 1.70. The second-order valence-corrected chi connectivity index (χ2v) is 7.41. The summed E-state index contributed by atoms with van der Waals surface area (Å²) in [6.45, 7) is 0.867. The largest absolute Gasteiger partial charge is 0.492 e. The van der Waals surface area contributed by atoms with Crippen molar-refractivity contribution in [3.8, 4) is 39.7 Å². The Balaban J connectivity index is 1.76. The van der Waals surface area contributed by atoms with E-state index in [9.17, 15) is 4.79 Å². The molecule has 8 heteroatoms. The number of aryl methyl sites for hydroxylation is 1. The molecule has 0 saturated heterocycles. The van der Waals surface area contributed by atoms with E-state index in [4.69, 9.17) is 10.5 Å². The van der Waals surface area contributed by atoms with Crippen LogP contribution in [0.2, 0.25) is 0 Å². The summed E-state index contributed by atoms with van der Waals surface area (Å²) in [5, 5.41) is 4.67. The molecule has 0 unspecified atom stereocenters. The lowest BCUT2D eigenvalue weighted by molar-refractivity contribution is 0.328. The Hall–Kier alpha value is -4.17. The summed E-state index contributed by atoms with van der Waals surface area (Å²) in [6.07, 6.45) is 5.35. The third-order valence-electron chi connectivity index (χ3n) is 5.27. The van der Waals surface area contributed by atoms with Gasteiger partial charge in [0.2, 0.25) is 0 Å². The van der Waals surface area contributed by atoms with Crippen LogP contribution in [0.15, 0.2) is 78.0 Å². The number of hydrogen-bond acceptors (Lipinski definition) is 5. The quantitative estimate of drug-likeness (QED) is 0.434. The number of nitrogens with two attached hydrogens (primary N) is 1. The van der Waals surface area contributed by atoms with Crippen LogP contribution in [0.3, 0.4) is 0 Å². The molecule has 8 nitrogen and oxygen atoms in total. The minimum atomic E-state index is -0.237. The van der Waals surface area contributed by atoms with E-state index in [0.717, 1.165) is 28.0 Å². The molecule has 0 radical (unpaired) electrons. The van der Waals surface area contributed by atoms with Gasteiger partial charge in [-0.15, -0.1) is 5.10 Å². The number of imidazole rings is 1. The second kappa shape index (κ2) is 8.16. The predicted molar refractivity (Wildman–Crippen MR) is 123 cm³/mol. The highest BCUT2D eigenvalue weighted by Crippen LogP contribution is 2.36. The van der Waals surface area contributed by atoms with Crippen molar-refractivity contribution in [1.82, 2.24) is 24.1 Å². The molecule has 0 aliphatic carbocycles. The fourth-order valence-electron chi connectivity index (χ4n) is 3.83. The van der Waals surface area contributed by atoms with E-state index in [1.54, 1.807) is 10.7 Å². The summed E-state index contributed by atoms with van der Waals surface area (Å²) in [4.78, 5) is 20.5. The molecule has 3 aromatic heterocycles. The van der Waals surface area contributed by atoms with E-state index in [-0.39, 0.29) is 5.56 Å². The monoisotopic (exact) mass is 426 g/mol. The Morgan fingerprint density at radius 1 is 1.09 bits per heavy atom. The molecule has 0 atom stereocenters. The van der Waals surface area contributed by atoms with Gasteiger partial charge in [0.05, 0.1) is 0 Å². The van der Waals surface area contributed by atoms with Crippen LogP contribution in [0.5, 0.6) is 5.75 Å². The molecular weight excluding hydrogens is 404 g/mol. The van der Waals surface area contributed by atoms with Gasteiger partial charge in [0.25, 0.3) is 5.56 Å². The third kappa shape index (κ3) is 3.46. The van der Waals surface area contributed by atoms with Gasteiger partial charge in [0.15, 0.2) is 11.6 Å². The van der Waals surface area contributed by atoms with E-state index >= 15 is 0 Å². The van der Waals surface area contributed by atoms with Crippen LogP contribution in [0.25, 0.3) is 39.4 Å². The number of benzene rings is 2. The first-order valence-electron chi connectivity index (χ1n) is 10.3. The first-order chi connectivity index (χ1) is 15.7. The lowest BCUT2D eigenvalue weighted by Crippen LogP contribution is -2.15. The minimum Gasteiger partial charge on any atom is -0.492 e. The molecule has 5 rings (SSSR count). The van der Waals surface area contributed by atoms with Gasteiger partial charge < -0.3 is 20.0 Å². The Labute approximate surface area is 183 Å². The number of hydrogen-bond donors (Lipinski definition) is 2. The Morgan fingerprint density at radius 3 is 2.66 bits per heavy atom. The molecule has 160 valence electrons. The maximum absolute atomic E-state index is 13.3. The zero-order valence-corrected chi connectivity index (χ0v) is 17.5. The van der Waals surface area contributed by atoms with Crippen LogP contribution in [0.1, 0.15) is 0 Å². The minimum absolute atomic E-state index is 0.237. The van der Waals surface area contributed by atoms with Crippen molar-refractivity contribution in [2.45, 2.75) is 0 Å². The second-order valence-electron chi connectivity index (χ2n) is 7.41. The highest BCUT2D eigenvalue weighted by atomic mass is 16.5. The predicted octanol–water partition coefficient (Wildman–Crippen LogP) is 3.09. The van der Waals surface area contributed by atoms with Crippen molar-refractivity contribution >= 4 is 5.52 Å². The molecule has 0 fully saturated rings. The number of nitrogens with one attached hydrogen (secondary N) is 1. The van der Waals surface area contributed by atoms with Crippen molar-refractivity contribution in [2.24, 2.45) is 12.8 Å². The summed E-state index contributed by atoms with van der Waals surface area (Å²) < 4.78 is 9.16. The van der Waals surface area contributed by atoms with Crippen LogP contribution in [-0.2, 0) is 7.05 Å². The summed E-state index contributed by atoms with van der Waals surface area (Å²) in [6, 6.07) is 17.6. The Kier molecular flexibility index (Phi) is 5.04. The van der Waals surface area contributed by atoms with Crippen molar-refractivity contribution < 1.29 is 4.74 Å². The van der Waals surface area contributed by atoms with Crippen LogP contribution >= 0.6 is 0 Å². The first-order valence-corrected chi connectivity index (χ1v) is 10.3. The zero-order valence-electron chi connectivity index (χ0n) is 17.5. The van der Waals surface area contributed by atoms with Gasteiger partial charge in [-0.3, -0.25) is 4.79 Å². The highest BCUT2D eigenvalue weighted by molar-refractivity contribution is 5.94. The van der Waals surface area contributed by atoms with Crippen LogP contribution < -0.4 is 16.0 Å². The summed E-state index contributed by atoms with van der Waals surface area (Å²) >= 11 is 0. The number of ether oxygens (including phenoxy) is 1. The lowest BCUT2D eigenvalue weighted by atomic mass is 9.97. The Bertz CT molecular complexity index is 1450. The SMILES string of the molecule is Cn1ccnc1-c1nn2cc(-c3cccc(OCCN)c3)c(-c3ccccc3)c2c(=O)[nH]1. The lowest BCUT2D eigenvalue weighted by Gasteiger charge is -2.08. The average molecular weight is 426 g/mol. The molecule has 32 heavy (non-hydrogen) atoms. The van der Waals surface area contributed by atoms with E-state index in [2.05, 4.69) is 15.1 Å². The van der Waals surface area contributed by atoms with Gasteiger partial charge in [0, 0.05) is 43.3 Å². The van der Waals surface area contributed by atoms with Gasteiger partial charge >= 0.3 is 0 Å². The van der Waals surface area contributed by atoms with Gasteiger partial charge in [-0.2, -0.15) is 0 Å². The normalized spacial score (nSPS) is 11.2. The van der Waals surface area contributed by atoms with Crippen LogP contribution in [-0.4, -0.2) is 37.3 Å². The molecule has 3 heterocycles. The summed E-state index contributed by atoms with van der Waals surface area (Å²) in [5.41, 5.74) is 9.34. The first kappa shape index (κ1) is 19.8.